The number of hydrogen-bond donors (Lipinski definition) is 3. The highest BCUT2D eigenvalue weighted by atomic mass is 16.6. The van der Waals surface area contributed by atoms with Crippen molar-refractivity contribution in [3.63, 3.8) is 0 Å². The highest BCUT2D eigenvalue weighted by Gasteiger charge is 2.14. The SMILES string of the molecule is CCCCCCOc1ccc2nc(C)c(C(=O)O)cc2c1.CCOC(=O)CC(C)=O.CCOC(=O)c1cc2cc(O)ccc2nc1C.O=Cc1cc(O)ccc1[N+](=O)[O-]. The lowest BCUT2D eigenvalue weighted by molar-refractivity contribution is -0.385. The van der Waals surface area contributed by atoms with Crippen LogP contribution in [0, 0.1) is 24.0 Å². The number of nitrogens with zero attached hydrogens (tertiary/aromatic N) is 3. The quantitative estimate of drug-likeness (QED) is 0.0238. The highest BCUT2D eigenvalue weighted by molar-refractivity contribution is 5.96. The molecule has 0 amide bonds. The van der Waals surface area contributed by atoms with Gasteiger partial charge in [0.2, 0.25) is 0 Å². The van der Waals surface area contributed by atoms with Crippen molar-refractivity contribution in [2.45, 2.75) is 73.6 Å². The minimum Gasteiger partial charge on any atom is -0.508 e. The van der Waals surface area contributed by atoms with E-state index in [9.17, 15) is 39.2 Å². The largest absolute Gasteiger partial charge is 0.508 e. The lowest BCUT2D eigenvalue weighted by atomic mass is 10.1. The predicted octanol–water partition coefficient (Wildman–Crippen LogP) is 8.27. The van der Waals surface area contributed by atoms with Crippen LogP contribution in [0.3, 0.4) is 0 Å². The number of aryl methyl sites for hydroxylation is 2. The van der Waals surface area contributed by atoms with Crippen LogP contribution < -0.4 is 4.74 Å². The molecule has 314 valence electrons. The second-order valence-electron chi connectivity index (χ2n) is 12.7. The summed E-state index contributed by atoms with van der Waals surface area (Å²) in [6.07, 6.45) is 4.88. The van der Waals surface area contributed by atoms with Crippen LogP contribution in [0.1, 0.15) is 102 Å². The number of aldehydes is 1. The van der Waals surface area contributed by atoms with Crippen molar-refractivity contribution in [1.82, 2.24) is 9.97 Å². The maximum Gasteiger partial charge on any atom is 0.339 e. The summed E-state index contributed by atoms with van der Waals surface area (Å²) in [6.45, 7) is 11.8. The number of carboxylic acids is 1. The molecule has 0 saturated heterocycles. The summed E-state index contributed by atoms with van der Waals surface area (Å²) in [7, 11) is 0. The van der Waals surface area contributed by atoms with Gasteiger partial charge >= 0.3 is 17.9 Å². The fraction of sp³-hybridized carbons (Fsp3) is 0.326. The first-order chi connectivity index (χ1) is 28.0. The number of carboxylic acid groups (broad SMARTS) is 1. The fourth-order valence-corrected chi connectivity index (χ4v) is 5.17. The number of carbonyl (C=O) groups is 5. The van der Waals surface area contributed by atoms with Gasteiger partial charge in [-0.15, -0.1) is 0 Å². The van der Waals surface area contributed by atoms with Crippen molar-refractivity contribution in [2.75, 3.05) is 19.8 Å². The molecule has 0 aliphatic rings. The first-order valence-corrected chi connectivity index (χ1v) is 18.7. The molecule has 16 nitrogen and oxygen atoms in total. The molecule has 0 spiro atoms. The van der Waals surface area contributed by atoms with E-state index in [2.05, 4.69) is 21.6 Å². The Morgan fingerprint density at radius 3 is 1.92 bits per heavy atom. The molecule has 0 saturated carbocycles. The average molecular weight is 816 g/mol. The minimum atomic E-state index is -0.951. The number of carbonyl (C=O) groups excluding carboxylic acids is 4. The molecule has 5 aromatic rings. The standard InChI is InChI=1S/C17H21NO3.C13H13NO3.C7H5NO4.C6H10O3/c1-3-4-5-6-9-21-14-7-8-16-13(10-14)11-15(17(19)20)12(2)18-16;1-3-17-13(16)11-7-9-6-10(15)4-5-12(9)14-8(11)2;9-4-5-3-6(10)1-2-7(5)8(11)12;1-3-9-6(8)4-5(2)7/h7-8,10-11H,3-6,9H2,1-2H3,(H,19,20);4-7,15H,3H2,1-2H3;1-4,10H;3-4H2,1-2H3. The van der Waals surface area contributed by atoms with Gasteiger partial charge in [-0.2, -0.15) is 0 Å². The third-order valence-electron chi connectivity index (χ3n) is 7.99. The van der Waals surface area contributed by atoms with E-state index in [1.54, 1.807) is 58.0 Å². The molecule has 0 aliphatic carbocycles. The molecule has 0 unspecified atom stereocenters. The van der Waals surface area contributed by atoms with E-state index < -0.39 is 16.9 Å². The smallest absolute Gasteiger partial charge is 0.339 e. The fourth-order valence-electron chi connectivity index (χ4n) is 5.17. The summed E-state index contributed by atoms with van der Waals surface area (Å²) in [5.41, 5.74) is 2.93. The molecular formula is C43H49N3O13. The van der Waals surface area contributed by atoms with Crippen molar-refractivity contribution in [1.29, 1.82) is 0 Å². The van der Waals surface area contributed by atoms with E-state index in [1.807, 2.05) is 18.2 Å². The predicted molar refractivity (Wildman–Crippen MR) is 219 cm³/mol. The van der Waals surface area contributed by atoms with Gasteiger partial charge in [-0.3, -0.25) is 34.5 Å². The number of esters is 2. The van der Waals surface area contributed by atoms with Crippen LogP contribution in [-0.2, 0) is 19.1 Å². The summed E-state index contributed by atoms with van der Waals surface area (Å²) in [5, 5.41) is 39.2. The zero-order valence-corrected chi connectivity index (χ0v) is 33.9. The number of ether oxygens (including phenoxy) is 3. The Kier molecular flexibility index (Phi) is 20.1. The van der Waals surface area contributed by atoms with E-state index >= 15 is 0 Å². The number of fused-ring (bicyclic) bond motifs is 2. The van der Waals surface area contributed by atoms with Gasteiger partial charge in [-0.25, -0.2) is 9.59 Å². The van der Waals surface area contributed by atoms with Gasteiger partial charge in [0.05, 0.1) is 63.9 Å². The van der Waals surface area contributed by atoms with Crippen molar-refractivity contribution in [2.24, 2.45) is 0 Å². The summed E-state index contributed by atoms with van der Waals surface area (Å²) in [4.78, 5) is 71.9. The Bertz CT molecular complexity index is 2260. The van der Waals surface area contributed by atoms with Gasteiger partial charge < -0.3 is 29.5 Å². The topological polar surface area (TPSA) is 243 Å². The molecule has 2 aromatic heterocycles. The monoisotopic (exact) mass is 815 g/mol. The third-order valence-corrected chi connectivity index (χ3v) is 7.99. The van der Waals surface area contributed by atoms with E-state index in [1.165, 1.54) is 26.2 Å². The maximum absolute atomic E-state index is 11.7. The number of aromatic hydroxyl groups is 2. The number of unbranched alkanes of at least 4 members (excludes halogenated alkanes) is 3. The molecular weight excluding hydrogens is 766 g/mol. The van der Waals surface area contributed by atoms with E-state index in [0.29, 0.717) is 43.1 Å². The van der Waals surface area contributed by atoms with Gasteiger partial charge in [0, 0.05) is 16.8 Å². The average Bonchev–Trinajstić information content (AvgIpc) is 3.18. The second kappa shape index (κ2) is 24.6. The van der Waals surface area contributed by atoms with Gasteiger partial charge in [0.15, 0.2) is 6.29 Å². The molecule has 0 fully saturated rings. The molecule has 0 bridgehead atoms. The number of nitro benzene ring substituents is 1. The van der Waals surface area contributed by atoms with Gasteiger partial charge in [-0.1, -0.05) is 26.2 Å². The lowest BCUT2D eigenvalue weighted by Gasteiger charge is -2.08. The Balaban J connectivity index is 0.000000285. The van der Waals surface area contributed by atoms with Crippen LogP contribution in [0.15, 0.2) is 66.7 Å². The zero-order valence-electron chi connectivity index (χ0n) is 33.9. The van der Waals surface area contributed by atoms with Crippen LogP contribution in [0.5, 0.6) is 17.2 Å². The number of pyridine rings is 2. The number of phenols is 2. The Labute approximate surface area is 340 Å². The number of hydrogen-bond acceptors (Lipinski definition) is 14. The van der Waals surface area contributed by atoms with Crippen LogP contribution in [0.2, 0.25) is 0 Å². The molecule has 2 heterocycles. The van der Waals surface area contributed by atoms with E-state index in [0.717, 1.165) is 52.2 Å². The minimum absolute atomic E-state index is 0.103. The first-order valence-electron chi connectivity index (χ1n) is 18.7. The summed E-state index contributed by atoms with van der Waals surface area (Å²) in [6, 6.07) is 17.1. The number of aromatic carboxylic acids is 1. The number of phenolic OH excluding ortho intramolecular Hbond substituents is 2. The number of rotatable bonds is 14. The molecule has 5 rings (SSSR count). The van der Waals surface area contributed by atoms with Crippen molar-refractivity contribution in [3.05, 3.63) is 105 Å². The molecule has 0 aliphatic heterocycles. The lowest BCUT2D eigenvalue weighted by Crippen LogP contribution is -2.07. The zero-order chi connectivity index (χ0) is 44.1. The van der Waals surface area contributed by atoms with Gasteiger partial charge in [0.25, 0.3) is 5.69 Å². The Morgan fingerprint density at radius 1 is 0.763 bits per heavy atom. The van der Waals surface area contributed by atoms with Gasteiger partial charge in [0.1, 0.15) is 29.5 Å². The number of nitro groups is 1. The number of benzene rings is 3. The van der Waals surface area contributed by atoms with Crippen LogP contribution in [0.4, 0.5) is 5.69 Å². The molecule has 59 heavy (non-hydrogen) atoms. The summed E-state index contributed by atoms with van der Waals surface area (Å²) >= 11 is 0. The van der Waals surface area contributed by atoms with Crippen molar-refractivity contribution < 1.29 is 58.4 Å². The number of aromatic nitrogens is 2. The molecule has 0 atom stereocenters. The van der Waals surface area contributed by atoms with E-state index in [4.69, 9.17) is 19.7 Å². The molecule has 3 aromatic carbocycles. The third kappa shape index (κ3) is 16.2. The van der Waals surface area contributed by atoms with Crippen LogP contribution >= 0.6 is 0 Å². The van der Waals surface area contributed by atoms with Crippen molar-refractivity contribution in [3.8, 4) is 17.2 Å². The molecule has 3 N–H and O–H groups in total. The van der Waals surface area contributed by atoms with Gasteiger partial charge in [-0.05, 0) is 102 Å². The normalized spacial score (nSPS) is 10.1. The second-order valence-corrected chi connectivity index (χ2v) is 12.7. The summed E-state index contributed by atoms with van der Waals surface area (Å²) in [5.74, 6) is -1.18. The Morgan fingerprint density at radius 2 is 1.34 bits per heavy atom. The summed E-state index contributed by atoms with van der Waals surface area (Å²) < 4.78 is 15.2. The highest BCUT2D eigenvalue weighted by Crippen LogP contribution is 2.24. The molecule has 16 heteroatoms. The molecule has 0 radical (unpaired) electrons. The maximum atomic E-state index is 11.7. The Hall–Kier alpha value is -6.97. The van der Waals surface area contributed by atoms with Crippen molar-refractivity contribution >= 4 is 57.5 Å². The van der Waals surface area contributed by atoms with E-state index in [-0.39, 0.29) is 46.5 Å². The first kappa shape index (κ1) is 48.2. The number of ketones is 1. The van der Waals surface area contributed by atoms with Crippen LogP contribution in [-0.4, -0.2) is 80.0 Å². The van der Waals surface area contributed by atoms with Crippen LogP contribution in [0.25, 0.3) is 21.8 Å². The number of Topliss-reactive ketones (excluding diaryl/α,β-unsaturated/α-hetero) is 1.